The van der Waals surface area contributed by atoms with Crippen molar-refractivity contribution in [2.75, 3.05) is 25.1 Å². The fraction of sp³-hybridized carbons (Fsp3) is 0.667. The van der Waals surface area contributed by atoms with E-state index in [1.165, 1.54) is 6.20 Å². The van der Waals surface area contributed by atoms with Gasteiger partial charge in [0.15, 0.2) is 0 Å². The summed E-state index contributed by atoms with van der Waals surface area (Å²) in [6.07, 6.45) is 0.423. The van der Waals surface area contributed by atoms with Crippen LogP contribution in [0.2, 0.25) is 5.28 Å². The molecule has 0 unspecified atom stereocenters. The predicted octanol–water partition coefficient (Wildman–Crippen LogP) is 3.84. The van der Waals surface area contributed by atoms with E-state index >= 15 is 0 Å². The summed E-state index contributed by atoms with van der Waals surface area (Å²) in [5.41, 5.74) is -0.0248. The number of halogens is 1. The van der Waals surface area contributed by atoms with Crippen LogP contribution in [0.5, 0.6) is 0 Å². The second-order valence-electron chi connectivity index (χ2n) is 7.79. The van der Waals surface area contributed by atoms with Crippen LogP contribution in [0.1, 0.15) is 54.0 Å². The fourth-order valence-corrected chi connectivity index (χ4v) is 2.41. The molecular weight excluding hydrogens is 408 g/mol. The number of carbonyl (C=O) groups excluding carboxylic acids is 1. The molecule has 0 aliphatic heterocycles. The van der Waals surface area contributed by atoms with Crippen LogP contribution in [0, 0.1) is 17.8 Å². The molecule has 0 fully saturated rings. The predicted molar refractivity (Wildman–Crippen MR) is 117 cm³/mol. The molecule has 0 aliphatic rings. The number of rotatable bonds is 9. The van der Waals surface area contributed by atoms with Crippen molar-refractivity contribution in [1.29, 1.82) is 0 Å². The lowest BCUT2D eigenvalue weighted by Gasteiger charge is -2.26. The van der Waals surface area contributed by atoms with Crippen molar-refractivity contribution in [3.63, 3.8) is 0 Å². The molecule has 0 saturated carbocycles. The second kappa shape index (κ2) is 12.6. The third-order valence-electron chi connectivity index (χ3n) is 3.72. The molecule has 1 aromatic rings. The number of hydrogen-bond donors (Lipinski definition) is 2. The highest BCUT2D eigenvalue weighted by Gasteiger charge is 2.22. The van der Waals surface area contributed by atoms with E-state index in [9.17, 15) is 4.79 Å². The normalized spacial score (nSPS) is 12.3. The minimum atomic E-state index is -0.638. The quantitative estimate of drug-likeness (QED) is 0.342. The van der Waals surface area contributed by atoms with Crippen LogP contribution in [0.4, 0.5) is 10.6 Å². The van der Waals surface area contributed by atoms with E-state index in [0.29, 0.717) is 31.1 Å². The number of anilines is 1. The average Bonchev–Trinajstić information content (AvgIpc) is 2.62. The van der Waals surface area contributed by atoms with Crippen molar-refractivity contribution in [2.45, 2.75) is 66.4 Å². The summed E-state index contributed by atoms with van der Waals surface area (Å²) in [6.45, 7) is 14.6. The van der Waals surface area contributed by atoms with Crippen molar-refractivity contribution >= 4 is 23.5 Å². The molecule has 0 radical (unpaired) electrons. The third kappa shape index (κ3) is 10.1. The molecule has 0 aliphatic carbocycles. The molecular formula is C21H33ClN4O4. The Hall–Kier alpha value is -2.08. The Balaban J connectivity index is 2.93. The summed E-state index contributed by atoms with van der Waals surface area (Å²) in [7, 11) is 0. The number of carbonyl (C=O) groups is 1. The third-order valence-corrected chi connectivity index (χ3v) is 3.90. The van der Waals surface area contributed by atoms with Gasteiger partial charge in [-0.3, -0.25) is 0 Å². The van der Waals surface area contributed by atoms with Crippen molar-refractivity contribution in [2.24, 2.45) is 5.92 Å². The van der Waals surface area contributed by atoms with Crippen LogP contribution in [0.15, 0.2) is 6.20 Å². The molecule has 2 N–H and O–H groups in total. The lowest BCUT2D eigenvalue weighted by molar-refractivity contribution is -0.0969. The monoisotopic (exact) mass is 440 g/mol. The molecule has 9 heteroatoms. The van der Waals surface area contributed by atoms with Crippen molar-refractivity contribution in [3.8, 4) is 11.8 Å². The number of nitrogens with one attached hydrogen (secondary N) is 2. The van der Waals surface area contributed by atoms with Gasteiger partial charge in [0, 0.05) is 26.0 Å². The standard InChI is InChI=1S/C21H33ClN4O4/c1-8-28-17(29-9-2)11-10-15-12-24-19(22)26-18(15)23-13-16(14(3)4)25-20(27)30-21(5,6)7/h12,14,16-17H,8-9,13H2,1-7H3,(H,25,27)(H,23,24,26)/t16-/m1/s1. The maximum atomic E-state index is 12.1. The molecule has 0 spiro atoms. The maximum Gasteiger partial charge on any atom is 0.407 e. The Labute approximate surface area is 184 Å². The van der Waals surface area contributed by atoms with Gasteiger partial charge in [0.2, 0.25) is 11.6 Å². The average molecular weight is 441 g/mol. The van der Waals surface area contributed by atoms with Gasteiger partial charge in [-0.1, -0.05) is 19.8 Å². The SMILES string of the molecule is CCOC(C#Cc1cnc(Cl)nc1NC[C@@H](NC(=O)OC(C)(C)C)C(C)C)OCC. The largest absolute Gasteiger partial charge is 0.444 e. The molecule has 1 amide bonds. The van der Waals surface area contributed by atoms with Gasteiger partial charge >= 0.3 is 6.09 Å². The Morgan fingerprint density at radius 1 is 1.23 bits per heavy atom. The van der Waals surface area contributed by atoms with E-state index in [-0.39, 0.29) is 17.2 Å². The van der Waals surface area contributed by atoms with Gasteiger partial charge in [0.05, 0.1) is 11.6 Å². The van der Waals surface area contributed by atoms with E-state index in [4.69, 9.17) is 25.8 Å². The summed E-state index contributed by atoms with van der Waals surface area (Å²) in [5, 5.41) is 6.18. The van der Waals surface area contributed by atoms with Crippen LogP contribution in [-0.2, 0) is 14.2 Å². The molecule has 1 aromatic heterocycles. The van der Waals surface area contributed by atoms with Crippen molar-refractivity contribution < 1.29 is 19.0 Å². The zero-order chi connectivity index (χ0) is 22.7. The van der Waals surface area contributed by atoms with E-state index < -0.39 is 18.0 Å². The number of nitrogens with zero attached hydrogens (tertiary/aromatic N) is 2. The fourth-order valence-electron chi connectivity index (χ4n) is 2.28. The molecule has 1 rings (SSSR count). The lowest BCUT2D eigenvalue weighted by Crippen LogP contribution is -2.45. The maximum absolute atomic E-state index is 12.1. The second-order valence-corrected chi connectivity index (χ2v) is 8.13. The zero-order valence-electron chi connectivity index (χ0n) is 18.8. The van der Waals surface area contributed by atoms with E-state index in [1.54, 1.807) is 0 Å². The molecule has 0 saturated heterocycles. The Bertz CT molecular complexity index is 735. The van der Waals surface area contributed by atoms with Crippen LogP contribution in [-0.4, -0.2) is 53.8 Å². The first-order valence-electron chi connectivity index (χ1n) is 10.1. The van der Waals surface area contributed by atoms with E-state index in [1.807, 2.05) is 48.5 Å². The molecule has 0 aromatic carbocycles. The first-order chi connectivity index (χ1) is 14.1. The zero-order valence-corrected chi connectivity index (χ0v) is 19.6. The highest BCUT2D eigenvalue weighted by Crippen LogP contribution is 2.15. The van der Waals surface area contributed by atoms with Crippen LogP contribution in [0.3, 0.4) is 0 Å². The van der Waals surface area contributed by atoms with Crippen LogP contribution < -0.4 is 10.6 Å². The Morgan fingerprint density at radius 2 is 1.87 bits per heavy atom. The van der Waals surface area contributed by atoms with Gasteiger partial charge in [0.1, 0.15) is 11.4 Å². The topological polar surface area (TPSA) is 94.6 Å². The van der Waals surface area contributed by atoms with Crippen molar-refractivity contribution in [3.05, 3.63) is 17.0 Å². The Morgan fingerprint density at radius 3 is 2.40 bits per heavy atom. The number of alkyl carbamates (subject to hydrolysis) is 1. The molecule has 8 nitrogen and oxygen atoms in total. The van der Waals surface area contributed by atoms with Crippen molar-refractivity contribution in [1.82, 2.24) is 15.3 Å². The molecule has 30 heavy (non-hydrogen) atoms. The summed E-state index contributed by atoms with van der Waals surface area (Å²) >= 11 is 5.96. The minimum absolute atomic E-state index is 0.0930. The van der Waals surface area contributed by atoms with Gasteiger partial charge in [-0.05, 0) is 58.1 Å². The Kier molecular flexibility index (Phi) is 10.9. The number of hydrogen-bond acceptors (Lipinski definition) is 7. The van der Waals surface area contributed by atoms with Crippen LogP contribution >= 0.6 is 11.6 Å². The van der Waals surface area contributed by atoms with E-state index in [2.05, 4.69) is 32.4 Å². The number of aromatic nitrogens is 2. The molecule has 1 heterocycles. The highest BCUT2D eigenvalue weighted by molar-refractivity contribution is 6.28. The lowest BCUT2D eigenvalue weighted by atomic mass is 10.0. The number of ether oxygens (including phenoxy) is 3. The van der Waals surface area contributed by atoms with Crippen LogP contribution in [0.25, 0.3) is 0 Å². The van der Waals surface area contributed by atoms with Gasteiger partial charge in [-0.2, -0.15) is 4.98 Å². The first-order valence-corrected chi connectivity index (χ1v) is 10.4. The van der Waals surface area contributed by atoms with Gasteiger partial charge in [0.25, 0.3) is 0 Å². The smallest absolute Gasteiger partial charge is 0.407 e. The highest BCUT2D eigenvalue weighted by atomic mass is 35.5. The summed E-state index contributed by atoms with van der Waals surface area (Å²) in [4.78, 5) is 20.4. The molecule has 168 valence electrons. The number of amides is 1. The summed E-state index contributed by atoms with van der Waals surface area (Å²) in [6, 6.07) is -0.200. The van der Waals surface area contributed by atoms with Gasteiger partial charge in [-0.15, -0.1) is 0 Å². The first kappa shape index (κ1) is 26.0. The summed E-state index contributed by atoms with van der Waals surface area (Å²) in [5.74, 6) is 6.51. The van der Waals surface area contributed by atoms with Gasteiger partial charge < -0.3 is 24.8 Å². The summed E-state index contributed by atoms with van der Waals surface area (Å²) < 4.78 is 16.2. The van der Waals surface area contributed by atoms with E-state index in [0.717, 1.165) is 0 Å². The molecule has 1 atom stereocenters. The van der Waals surface area contributed by atoms with Gasteiger partial charge in [-0.25, -0.2) is 9.78 Å². The minimum Gasteiger partial charge on any atom is -0.444 e. The molecule has 0 bridgehead atoms.